The topological polar surface area (TPSA) is 72.2 Å². The second kappa shape index (κ2) is 7.86. The molecule has 104 valence electrons. The summed E-state index contributed by atoms with van der Waals surface area (Å²) in [5, 5.41) is 13.2. The number of alkyl halides is 3. The van der Waals surface area contributed by atoms with Crippen molar-refractivity contribution in [3.05, 3.63) is 39.9 Å². The van der Waals surface area contributed by atoms with Gasteiger partial charge in [-0.2, -0.15) is 0 Å². The van der Waals surface area contributed by atoms with Crippen LogP contribution in [0.2, 0.25) is 0 Å². The van der Waals surface area contributed by atoms with Gasteiger partial charge in [-0.1, -0.05) is 57.9 Å². The minimum absolute atomic E-state index is 0.0420. The third kappa shape index (κ3) is 5.50. The highest BCUT2D eigenvalue weighted by molar-refractivity contribution is 14.1. The third-order valence-corrected chi connectivity index (χ3v) is 3.82. The quantitative estimate of drug-likeness (QED) is 0.335. The van der Waals surface area contributed by atoms with Crippen LogP contribution in [0.1, 0.15) is 5.56 Å². The SMILES string of the molecule is O=C(NC(CI)Cc1ccc([N+](=O)[O-])cc1)C(Cl)Cl. The van der Waals surface area contributed by atoms with Gasteiger partial charge in [0.15, 0.2) is 4.84 Å². The number of hydrogen-bond acceptors (Lipinski definition) is 3. The van der Waals surface area contributed by atoms with Crippen LogP contribution in [0, 0.1) is 10.1 Å². The number of halogens is 3. The van der Waals surface area contributed by atoms with Crippen LogP contribution in [-0.2, 0) is 11.2 Å². The number of nitro benzene ring substituents is 1. The molecule has 0 aliphatic rings. The average molecular weight is 417 g/mol. The summed E-state index contributed by atoms with van der Waals surface area (Å²) in [4.78, 5) is 20.4. The number of non-ortho nitro benzene ring substituents is 1. The molecular formula is C11H11Cl2IN2O3. The van der Waals surface area contributed by atoms with Crippen LogP contribution in [0.25, 0.3) is 0 Å². The van der Waals surface area contributed by atoms with Gasteiger partial charge in [0, 0.05) is 22.6 Å². The summed E-state index contributed by atoms with van der Waals surface area (Å²) in [7, 11) is 0. The third-order valence-electron chi connectivity index (χ3n) is 2.36. The van der Waals surface area contributed by atoms with Crippen molar-refractivity contribution in [2.75, 3.05) is 4.43 Å². The Balaban J connectivity index is 2.65. The van der Waals surface area contributed by atoms with Crippen LogP contribution in [0.5, 0.6) is 0 Å². The minimum Gasteiger partial charge on any atom is -0.350 e. The van der Waals surface area contributed by atoms with Gasteiger partial charge in [-0.15, -0.1) is 0 Å². The highest BCUT2D eigenvalue weighted by Gasteiger charge is 2.17. The summed E-state index contributed by atoms with van der Waals surface area (Å²) in [6.07, 6.45) is 0.563. The molecule has 1 atom stereocenters. The van der Waals surface area contributed by atoms with Crippen molar-refractivity contribution in [2.45, 2.75) is 17.3 Å². The molecule has 1 unspecified atom stereocenters. The van der Waals surface area contributed by atoms with Crippen molar-refractivity contribution in [1.29, 1.82) is 0 Å². The largest absolute Gasteiger partial charge is 0.350 e. The van der Waals surface area contributed by atoms with E-state index in [1.165, 1.54) is 12.1 Å². The lowest BCUT2D eigenvalue weighted by atomic mass is 10.1. The summed E-state index contributed by atoms with van der Waals surface area (Å²) in [5.74, 6) is -0.438. The van der Waals surface area contributed by atoms with Gasteiger partial charge >= 0.3 is 0 Å². The maximum atomic E-state index is 11.4. The van der Waals surface area contributed by atoms with Gasteiger partial charge in [-0.3, -0.25) is 14.9 Å². The molecule has 19 heavy (non-hydrogen) atoms. The maximum Gasteiger partial charge on any atom is 0.269 e. The van der Waals surface area contributed by atoms with Gasteiger partial charge in [-0.05, 0) is 12.0 Å². The Labute approximate surface area is 133 Å². The van der Waals surface area contributed by atoms with E-state index in [1.807, 2.05) is 0 Å². The first kappa shape index (κ1) is 16.5. The fraction of sp³-hybridized carbons (Fsp3) is 0.364. The van der Waals surface area contributed by atoms with Crippen LogP contribution in [0.15, 0.2) is 24.3 Å². The molecule has 0 radical (unpaired) electrons. The predicted molar refractivity (Wildman–Crippen MR) is 83.1 cm³/mol. The molecule has 1 N–H and O–H groups in total. The van der Waals surface area contributed by atoms with Gasteiger partial charge in [0.25, 0.3) is 11.6 Å². The Morgan fingerprint density at radius 2 is 1.95 bits per heavy atom. The monoisotopic (exact) mass is 416 g/mol. The first-order valence-electron chi connectivity index (χ1n) is 5.32. The smallest absolute Gasteiger partial charge is 0.269 e. The lowest BCUT2D eigenvalue weighted by Crippen LogP contribution is -2.40. The number of rotatable bonds is 6. The van der Waals surface area contributed by atoms with E-state index >= 15 is 0 Å². The summed E-state index contributed by atoms with van der Waals surface area (Å²) in [6, 6.07) is 6.10. The summed E-state index contributed by atoms with van der Waals surface area (Å²) in [5.41, 5.74) is 0.939. The van der Waals surface area contributed by atoms with Crippen molar-refractivity contribution >= 4 is 57.4 Å². The van der Waals surface area contributed by atoms with Crippen LogP contribution in [0.4, 0.5) is 5.69 Å². The molecule has 0 aromatic heterocycles. The number of amides is 1. The first-order chi connectivity index (χ1) is 8.93. The molecule has 0 saturated carbocycles. The second-order valence-corrected chi connectivity index (χ2v) is 5.77. The van der Waals surface area contributed by atoms with E-state index in [0.29, 0.717) is 10.8 Å². The molecular weight excluding hydrogens is 406 g/mol. The van der Waals surface area contributed by atoms with E-state index in [-0.39, 0.29) is 11.7 Å². The Kier molecular flexibility index (Phi) is 6.81. The van der Waals surface area contributed by atoms with E-state index in [9.17, 15) is 14.9 Å². The van der Waals surface area contributed by atoms with Crippen molar-refractivity contribution in [3.8, 4) is 0 Å². The lowest BCUT2D eigenvalue weighted by molar-refractivity contribution is -0.384. The number of hydrogen-bond donors (Lipinski definition) is 1. The van der Waals surface area contributed by atoms with E-state index in [4.69, 9.17) is 23.2 Å². The van der Waals surface area contributed by atoms with Crippen LogP contribution < -0.4 is 5.32 Å². The van der Waals surface area contributed by atoms with E-state index in [2.05, 4.69) is 27.9 Å². The fourth-order valence-electron chi connectivity index (χ4n) is 1.45. The molecule has 1 amide bonds. The molecule has 1 aromatic rings. The highest BCUT2D eigenvalue weighted by Crippen LogP contribution is 2.14. The minimum atomic E-state index is -1.10. The Bertz CT molecular complexity index is 454. The van der Waals surface area contributed by atoms with E-state index < -0.39 is 15.7 Å². The van der Waals surface area contributed by atoms with Gasteiger partial charge < -0.3 is 5.32 Å². The molecule has 0 heterocycles. The number of nitrogens with zero attached hydrogens (tertiary/aromatic N) is 1. The van der Waals surface area contributed by atoms with Crippen molar-refractivity contribution in [3.63, 3.8) is 0 Å². The standard InChI is InChI=1S/C11H11Cl2IN2O3/c12-10(13)11(17)15-8(6-14)5-7-1-3-9(4-2-7)16(18)19/h1-4,8,10H,5-6H2,(H,15,17). The first-order valence-corrected chi connectivity index (χ1v) is 7.71. The zero-order valence-corrected chi connectivity index (χ0v) is 13.4. The zero-order chi connectivity index (χ0) is 14.4. The maximum absolute atomic E-state index is 11.4. The summed E-state index contributed by atoms with van der Waals surface area (Å²) < 4.78 is 0.682. The van der Waals surface area contributed by atoms with Crippen molar-refractivity contribution in [2.24, 2.45) is 0 Å². The fourth-order valence-corrected chi connectivity index (χ4v) is 2.10. The average Bonchev–Trinajstić information content (AvgIpc) is 2.38. The zero-order valence-electron chi connectivity index (χ0n) is 9.68. The normalized spacial score (nSPS) is 12.2. The molecule has 0 fully saturated rings. The predicted octanol–water partition coefficient (Wildman–Crippen LogP) is 2.86. The number of nitro groups is 1. The molecule has 5 nitrogen and oxygen atoms in total. The van der Waals surface area contributed by atoms with Crippen LogP contribution >= 0.6 is 45.8 Å². The molecule has 0 saturated heterocycles. The van der Waals surface area contributed by atoms with Crippen molar-refractivity contribution < 1.29 is 9.72 Å². The van der Waals surface area contributed by atoms with Gasteiger partial charge in [0.2, 0.25) is 0 Å². The van der Waals surface area contributed by atoms with E-state index in [0.717, 1.165) is 5.56 Å². The molecule has 0 aliphatic heterocycles. The molecule has 1 aromatic carbocycles. The lowest BCUT2D eigenvalue weighted by Gasteiger charge is -2.16. The second-order valence-electron chi connectivity index (χ2n) is 3.79. The van der Waals surface area contributed by atoms with Gasteiger partial charge in [-0.25, -0.2) is 0 Å². The number of benzene rings is 1. The van der Waals surface area contributed by atoms with Crippen LogP contribution in [0.3, 0.4) is 0 Å². The Morgan fingerprint density at radius 3 is 2.37 bits per heavy atom. The van der Waals surface area contributed by atoms with Crippen molar-refractivity contribution in [1.82, 2.24) is 5.32 Å². The number of nitrogens with one attached hydrogen (secondary N) is 1. The Hall–Kier alpha value is -0.600. The van der Waals surface area contributed by atoms with Crippen LogP contribution in [-0.4, -0.2) is 26.1 Å². The van der Waals surface area contributed by atoms with Gasteiger partial charge in [0.05, 0.1) is 4.92 Å². The number of carbonyl (C=O) groups is 1. The molecule has 8 heteroatoms. The summed E-state index contributed by atoms with van der Waals surface area (Å²) in [6.45, 7) is 0. The van der Waals surface area contributed by atoms with E-state index in [1.54, 1.807) is 12.1 Å². The molecule has 1 rings (SSSR count). The molecule has 0 spiro atoms. The molecule has 0 aliphatic carbocycles. The van der Waals surface area contributed by atoms with Gasteiger partial charge in [0.1, 0.15) is 0 Å². The highest BCUT2D eigenvalue weighted by atomic mass is 127. The molecule has 0 bridgehead atoms. The Morgan fingerprint density at radius 1 is 1.37 bits per heavy atom. The number of carbonyl (C=O) groups excluding carboxylic acids is 1. The summed E-state index contributed by atoms with van der Waals surface area (Å²) >= 11 is 13.1.